The van der Waals surface area contributed by atoms with Gasteiger partial charge in [-0.1, -0.05) is 117 Å². The summed E-state index contributed by atoms with van der Waals surface area (Å²) in [5, 5.41) is 0. The minimum Gasteiger partial charge on any atom is -0.340 e. The Morgan fingerprint density at radius 2 is 0.967 bits per heavy atom. The van der Waals surface area contributed by atoms with Gasteiger partial charge in [0.25, 0.3) is 0 Å². The molecule has 180 valence electrons. The second-order valence-corrected chi connectivity index (χ2v) is 9.44. The first-order valence-electron chi connectivity index (χ1n) is 12.4. The fourth-order valence-electron chi connectivity index (χ4n) is 3.29. The van der Waals surface area contributed by atoms with Crippen molar-refractivity contribution in [2.24, 2.45) is 5.92 Å². The molecule has 0 rings (SSSR count). The van der Waals surface area contributed by atoms with Crippen molar-refractivity contribution in [3.05, 3.63) is 6.92 Å². The molecule has 6 heteroatoms. The van der Waals surface area contributed by atoms with E-state index in [9.17, 15) is 4.57 Å². The van der Waals surface area contributed by atoms with Gasteiger partial charge in [-0.15, -0.1) is 0 Å². The molecule has 30 heavy (non-hydrogen) atoms. The maximum absolute atomic E-state index is 10.5. The smallest absolute Gasteiger partial charge is 0.340 e. The van der Waals surface area contributed by atoms with E-state index >= 15 is 0 Å². The van der Waals surface area contributed by atoms with Crippen molar-refractivity contribution in [1.82, 2.24) is 0 Å². The molecule has 0 heterocycles. The van der Waals surface area contributed by atoms with Crippen LogP contribution in [0.2, 0.25) is 0 Å². The molecular formula is C24H52O4PZn-. The van der Waals surface area contributed by atoms with Gasteiger partial charge in [-0.3, -0.25) is 9.05 Å². The van der Waals surface area contributed by atoms with E-state index in [-0.39, 0.29) is 32.7 Å². The molecule has 0 aromatic rings. The van der Waals surface area contributed by atoms with Crippen LogP contribution in [0.3, 0.4) is 0 Å². The number of unbranched alkanes of at least 4 members (excludes halogenated alkanes) is 12. The topological polar surface area (TPSA) is 55.8 Å². The van der Waals surface area contributed by atoms with Gasteiger partial charge in [-0.05, 0) is 13.8 Å². The van der Waals surface area contributed by atoms with Gasteiger partial charge in [0, 0.05) is 19.5 Å². The number of phosphoric ester groups is 1. The normalized spacial score (nSPS) is 12.1. The Balaban J connectivity index is -0.000000616. The standard InChI is InChI=1S/C20H41.C4H11O4P.Zn/c1-4-6-8-10-12-13-15-17-19-20(3)18-16-14-11-9-7-5-2;1-3-7-9(5,6)8-4-2;/h20H,3-19H2,1-2H3;3-4H2,1-2H3,(H,5,6);/q-1;;. The van der Waals surface area contributed by atoms with Gasteiger partial charge >= 0.3 is 7.82 Å². The molecule has 0 saturated heterocycles. The Labute approximate surface area is 202 Å². The maximum atomic E-state index is 10.5. The van der Waals surface area contributed by atoms with Crippen LogP contribution in [0, 0.1) is 12.8 Å². The summed E-state index contributed by atoms with van der Waals surface area (Å²) >= 11 is 0. The van der Waals surface area contributed by atoms with Crippen molar-refractivity contribution in [2.45, 2.75) is 130 Å². The van der Waals surface area contributed by atoms with E-state index in [0.29, 0.717) is 0 Å². The molecule has 1 atom stereocenters. The van der Waals surface area contributed by atoms with E-state index in [1.807, 2.05) is 0 Å². The van der Waals surface area contributed by atoms with Crippen molar-refractivity contribution in [2.75, 3.05) is 13.2 Å². The van der Waals surface area contributed by atoms with Crippen LogP contribution >= 0.6 is 7.82 Å². The SMILES string of the molecule is CCOP(=O)(O)OCC.[CH2-]C(CCCCCCCC)CCCCCCCCCC.[Zn]. The quantitative estimate of drug-likeness (QED) is 0.0784. The molecule has 1 unspecified atom stereocenters. The van der Waals surface area contributed by atoms with Gasteiger partial charge in [-0.2, -0.15) is 5.92 Å². The second-order valence-electron chi connectivity index (χ2n) is 7.99. The summed E-state index contributed by atoms with van der Waals surface area (Å²) in [7, 11) is -3.69. The summed E-state index contributed by atoms with van der Waals surface area (Å²) in [5.41, 5.74) is 0. The summed E-state index contributed by atoms with van der Waals surface area (Å²) in [4.78, 5) is 8.63. The number of hydrogen-bond donors (Lipinski definition) is 1. The van der Waals surface area contributed by atoms with Gasteiger partial charge in [-0.25, -0.2) is 4.57 Å². The van der Waals surface area contributed by atoms with E-state index < -0.39 is 7.82 Å². The molecule has 4 nitrogen and oxygen atoms in total. The summed E-state index contributed by atoms with van der Waals surface area (Å²) < 4.78 is 19.2. The average molecular weight is 501 g/mol. The third-order valence-electron chi connectivity index (χ3n) is 5.02. The Bertz CT molecular complexity index is 346. The molecule has 0 aromatic carbocycles. The first-order chi connectivity index (χ1) is 13.9. The molecule has 0 fully saturated rings. The van der Waals surface area contributed by atoms with Gasteiger partial charge in [0.05, 0.1) is 13.2 Å². The third-order valence-corrected chi connectivity index (χ3v) is 6.19. The number of phosphoric acid groups is 1. The predicted molar refractivity (Wildman–Crippen MR) is 127 cm³/mol. The molecule has 0 saturated carbocycles. The molecule has 0 aromatic heterocycles. The molecule has 0 spiro atoms. The first kappa shape index (κ1) is 35.3. The van der Waals surface area contributed by atoms with Crippen molar-refractivity contribution in [3.63, 3.8) is 0 Å². The molecular weight excluding hydrogens is 449 g/mol. The van der Waals surface area contributed by atoms with Gasteiger partial charge in [0.15, 0.2) is 0 Å². The molecule has 0 bridgehead atoms. The second kappa shape index (κ2) is 27.8. The summed E-state index contributed by atoms with van der Waals surface area (Å²) in [5.74, 6) is 0.723. The molecule has 0 aliphatic carbocycles. The van der Waals surface area contributed by atoms with E-state index in [2.05, 4.69) is 29.8 Å². The number of rotatable bonds is 20. The van der Waals surface area contributed by atoms with Crippen molar-refractivity contribution in [1.29, 1.82) is 0 Å². The Hall–Kier alpha value is 0.733. The first-order valence-corrected chi connectivity index (χ1v) is 13.9. The predicted octanol–water partition coefficient (Wildman–Crippen LogP) is 8.88. The Morgan fingerprint density at radius 3 is 1.27 bits per heavy atom. The Morgan fingerprint density at radius 1 is 0.667 bits per heavy atom. The van der Waals surface area contributed by atoms with Crippen molar-refractivity contribution in [3.8, 4) is 0 Å². The molecule has 1 N–H and O–H groups in total. The summed E-state index contributed by atoms with van der Waals surface area (Å²) in [6, 6.07) is 0. The summed E-state index contributed by atoms with van der Waals surface area (Å²) in [6.07, 6.45) is 22.7. The zero-order valence-electron chi connectivity index (χ0n) is 20.8. The fourth-order valence-corrected chi connectivity index (χ4v) is 4.02. The van der Waals surface area contributed by atoms with Crippen molar-refractivity contribution >= 4 is 7.82 Å². The van der Waals surface area contributed by atoms with Crippen LogP contribution in [0.1, 0.15) is 130 Å². The van der Waals surface area contributed by atoms with Gasteiger partial charge < -0.3 is 11.8 Å². The molecule has 0 aliphatic heterocycles. The van der Waals surface area contributed by atoms with Crippen LogP contribution in [0.15, 0.2) is 0 Å². The molecule has 0 amide bonds. The average Bonchev–Trinajstić information content (AvgIpc) is 2.67. The van der Waals surface area contributed by atoms with Crippen LogP contribution in [0.5, 0.6) is 0 Å². The van der Waals surface area contributed by atoms with Gasteiger partial charge in [0.2, 0.25) is 0 Å². The van der Waals surface area contributed by atoms with E-state index in [1.165, 1.54) is 103 Å². The van der Waals surface area contributed by atoms with Crippen LogP contribution in [-0.4, -0.2) is 18.1 Å². The minimum absolute atomic E-state index is 0. The van der Waals surface area contributed by atoms with Crippen LogP contribution < -0.4 is 0 Å². The van der Waals surface area contributed by atoms with Crippen LogP contribution in [0.25, 0.3) is 0 Å². The molecule has 0 aliphatic rings. The fraction of sp³-hybridized carbons (Fsp3) is 0.958. The third kappa shape index (κ3) is 30.9. The zero-order valence-corrected chi connectivity index (χ0v) is 24.7. The minimum atomic E-state index is -3.69. The Kier molecular flexibility index (Phi) is 32.7. The van der Waals surface area contributed by atoms with Crippen LogP contribution in [0.4, 0.5) is 0 Å². The van der Waals surface area contributed by atoms with E-state index in [4.69, 9.17) is 4.89 Å². The molecule has 0 radical (unpaired) electrons. The van der Waals surface area contributed by atoms with E-state index in [1.54, 1.807) is 13.8 Å². The van der Waals surface area contributed by atoms with E-state index in [0.717, 1.165) is 5.92 Å². The number of hydrogen-bond acceptors (Lipinski definition) is 3. The zero-order chi connectivity index (χ0) is 22.2. The van der Waals surface area contributed by atoms with Crippen molar-refractivity contribution < 1.29 is 38.0 Å². The van der Waals surface area contributed by atoms with Crippen LogP contribution in [-0.2, 0) is 33.1 Å². The maximum Gasteiger partial charge on any atom is 0.472 e. The monoisotopic (exact) mass is 499 g/mol. The largest absolute Gasteiger partial charge is 0.472 e. The summed E-state index contributed by atoms with van der Waals surface area (Å²) in [6.45, 7) is 12.5. The van der Waals surface area contributed by atoms with Gasteiger partial charge in [0.1, 0.15) is 0 Å².